The Kier molecular flexibility index (Phi) is 6.67. The van der Waals surface area contributed by atoms with Crippen molar-refractivity contribution in [2.24, 2.45) is 11.8 Å². The van der Waals surface area contributed by atoms with Crippen LogP contribution in [0.25, 0.3) is 0 Å². The number of carbonyl (C=O) groups is 5. The molecule has 0 spiro atoms. The molecule has 10 nitrogen and oxygen atoms in total. The van der Waals surface area contributed by atoms with Crippen molar-refractivity contribution in [2.45, 2.75) is 12.8 Å². The predicted octanol–water partition coefficient (Wildman–Crippen LogP) is 0.592. The molecule has 2 aromatic carbocycles. The molecular formula is C23H18N4O6S2. The van der Waals surface area contributed by atoms with Gasteiger partial charge in [0.15, 0.2) is 10.2 Å². The van der Waals surface area contributed by atoms with Crippen LogP contribution < -0.4 is 26.0 Å². The van der Waals surface area contributed by atoms with Gasteiger partial charge in [0.05, 0.1) is 5.56 Å². The smallest absolute Gasteiger partial charge is 0.343 e. The van der Waals surface area contributed by atoms with Gasteiger partial charge in [-0.1, -0.05) is 29.8 Å². The number of carbonyl (C=O) groups excluding carboxylic acids is 5. The Hall–Kier alpha value is -4.03. The zero-order valence-electron chi connectivity index (χ0n) is 18.1. The molecule has 35 heavy (non-hydrogen) atoms. The van der Waals surface area contributed by atoms with E-state index >= 15 is 0 Å². The Bertz CT molecular complexity index is 1210. The standard InChI is InChI=1S/C23H18N4O6S2/c1-10-3-2-4-12(9-10)21(32)33-13-7-5-11(6-8-13)14(15-17(28)24-22(34)25-18(15)29)16-19(30)26-23(35)27-20(16)31/h2-9,14-16H,1H3,(H2,24,25,28,29,34)(H2,26,27,30,31,35). The molecule has 2 saturated heterocycles. The fraction of sp³-hybridized carbons (Fsp3) is 0.174. The third kappa shape index (κ3) is 5.08. The van der Waals surface area contributed by atoms with E-state index < -0.39 is 47.4 Å². The highest BCUT2D eigenvalue weighted by molar-refractivity contribution is 7.80. The second-order valence-electron chi connectivity index (χ2n) is 7.92. The van der Waals surface area contributed by atoms with E-state index in [2.05, 4.69) is 21.3 Å². The zero-order chi connectivity index (χ0) is 25.3. The van der Waals surface area contributed by atoms with Crippen LogP contribution in [0.15, 0.2) is 48.5 Å². The summed E-state index contributed by atoms with van der Waals surface area (Å²) in [6.45, 7) is 1.85. The number of hydrogen-bond donors (Lipinski definition) is 4. The maximum absolute atomic E-state index is 12.7. The minimum Gasteiger partial charge on any atom is -0.423 e. The van der Waals surface area contributed by atoms with Crippen LogP contribution in [0.2, 0.25) is 0 Å². The summed E-state index contributed by atoms with van der Waals surface area (Å²) in [6, 6.07) is 12.7. The van der Waals surface area contributed by atoms with Crippen molar-refractivity contribution in [3.63, 3.8) is 0 Å². The second kappa shape index (κ2) is 9.68. The van der Waals surface area contributed by atoms with Crippen molar-refractivity contribution in [1.82, 2.24) is 21.3 Å². The Labute approximate surface area is 209 Å². The predicted molar refractivity (Wildman–Crippen MR) is 130 cm³/mol. The van der Waals surface area contributed by atoms with E-state index in [0.29, 0.717) is 11.1 Å². The van der Waals surface area contributed by atoms with Crippen LogP contribution in [0.5, 0.6) is 5.75 Å². The lowest BCUT2D eigenvalue weighted by Gasteiger charge is -2.35. The third-order valence-corrected chi connectivity index (χ3v) is 5.93. The molecule has 0 aromatic heterocycles. The van der Waals surface area contributed by atoms with Gasteiger partial charge in [0.1, 0.15) is 17.6 Å². The Morgan fingerprint density at radius 1 is 0.800 bits per heavy atom. The molecule has 0 aliphatic carbocycles. The van der Waals surface area contributed by atoms with Crippen LogP contribution in [0.4, 0.5) is 0 Å². The largest absolute Gasteiger partial charge is 0.423 e. The lowest BCUT2D eigenvalue weighted by Crippen LogP contribution is -2.62. The molecule has 0 bridgehead atoms. The topological polar surface area (TPSA) is 143 Å². The van der Waals surface area contributed by atoms with Crippen LogP contribution >= 0.6 is 24.4 Å². The third-order valence-electron chi connectivity index (χ3n) is 5.52. The molecule has 4 amide bonds. The first-order valence-electron chi connectivity index (χ1n) is 10.3. The van der Waals surface area contributed by atoms with Crippen molar-refractivity contribution in [3.05, 3.63) is 65.2 Å². The number of benzene rings is 2. The van der Waals surface area contributed by atoms with Gasteiger partial charge < -0.3 is 26.0 Å². The van der Waals surface area contributed by atoms with Crippen molar-refractivity contribution in [3.8, 4) is 5.75 Å². The molecule has 0 saturated carbocycles. The first-order valence-corrected chi connectivity index (χ1v) is 11.2. The van der Waals surface area contributed by atoms with E-state index in [9.17, 15) is 24.0 Å². The van der Waals surface area contributed by atoms with Gasteiger partial charge in [0.2, 0.25) is 23.6 Å². The average Bonchev–Trinajstić information content (AvgIpc) is 2.77. The molecule has 0 radical (unpaired) electrons. The van der Waals surface area contributed by atoms with Crippen LogP contribution in [-0.4, -0.2) is 39.8 Å². The van der Waals surface area contributed by atoms with E-state index in [0.717, 1.165) is 5.56 Å². The summed E-state index contributed by atoms with van der Waals surface area (Å²) < 4.78 is 5.40. The van der Waals surface area contributed by atoms with E-state index in [1.165, 1.54) is 24.3 Å². The van der Waals surface area contributed by atoms with Gasteiger partial charge >= 0.3 is 5.97 Å². The fourth-order valence-electron chi connectivity index (χ4n) is 3.98. The summed E-state index contributed by atoms with van der Waals surface area (Å²) in [4.78, 5) is 63.4. The minimum atomic E-state index is -1.45. The summed E-state index contributed by atoms with van der Waals surface area (Å²) in [6.07, 6.45) is 0. The maximum Gasteiger partial charge on any atom is 0.343 e. The molecular weight excluding hydrogens is 492 g/mol. The van der Waals surface area contributed by atoms with E-state index in [1.807, 2.05) is 13.0 Å². The lowest BCUT2D eigenvalue weighted by atomic mass is 9.74. The number of esters is 1. The number of ether oxygens (including phenoxy) is 1. The molecule has 4 N–H and O–H groups in total. The molecule has 2 aliphatic rings. The van der Waals surface area contributed by atoms with Gasteiger partial charge in [-0.25, -0.2) is 4.79 Å². The Morgan fingerprint density at radius 3 is 1.74 bits per heavy atom. The number of rotatable bonds is 5. The van der Waals surface area contributed by atoms with Crippen LogP contribution in [-0.2, 0) is 19.2 Å². The van der Waals surface area contributed by atoms with E-state index in [4.69, 9.17) is 29.2 Å². The average molecular weight is 511 g/mol. The van der Waals surface area contributed by atoms with Crippen molar-refractivity contribution in [2.75, 3.05) is 0 Å². The molecule has 2 aromatic rings. The summed E-state index contributed by atoms with van der Waals surface area (Å²) in [5, 5.41) is 9.05. The summed E-state index contributed by atoms with van der Waals surface area (Å²) in [5.74, 6) is -7.51. The molecule has 2 fully saturated rings. The normalized spacial score (nSPS) is 17.0. The SMILES string of the molecule is Cc1cccc(C(=O)Oc2ccc(C(C3C(=O)NC(=S)NC3=O)C3C(=O)NC(=S)NC3=O)cc2)c1. The van der Waals surface area contributed by atoms with Gasteiger partial charge in [0, 0.05) is 5.92 Å². The number of aryl methyl sites for hydroxylation is 1. The highest BCUT2D eigenvalue weighted by Crippen LogP contribution is 2.36. The van der Waals surface area contributed by atoms with Crippen LogP contribution in [0.1, 0.15) is 27.4 Å². The highest BCUT2D eigenvalue weighted by atomic mass is 32.1. The molecule has 4 rings (SSSR count). The molecule has 12 heteroatoms. The first kappa shape index (κ1) is 24.1. The fourth-order valence-corrected chi connectivity index (χ4v) is 4.39. The Balaban J connectivity index is 1.66. The Morgan fingerprint density at radius 2 is 1.29 bits per heavy atom. The van der Waals surface area contributed by atoms with E-state index in [1.54, 1.807) is 18.2 Å². The summed E-state index contributed by atoms with van der Waals surface area (Å²) in [5.41, 5.74) is 1.57. The van der Waals surface area contributed by atoms with Crippen molar-refractivity contribution >= 4 is 64.3 Å². The molecule has 2 aliphatic heterocycles. The van der Waals surface area contributed by atoms with Crippen molar-refractivity contribution in [1.29, 1.82) is 0 Å². The van der Waals surface area contributed by atoms with Crippen molar-refractivity contribution < 1.29 is 28.7 Å². The minimum absolute atomic E-state index is 0.174. The van der Waals surface area contributed by atoms with Gasteiger partial charge in [0.25, 0.3) is 0 Å². The monoisotopic (exact) mass is 510 g/mol. The summed E-state index contributed by atoms with van der Waals surface area (Å²) >= 11 is 9.70. The number of nitrogens with one attached hydrogen (secondary N) is 4. The van der Waals surface area contributed by atoms with Gasteiger partial charge in [-0.05, 0) is 61.2 Å². The second-order valence-corrected chi connectivity index (χ2v) is 8.74. The van der Waals surface area contributed by atoms with Gasteiger partial charge in [-0.3, -0.25) is 19.2 Å². The molecule has 2 heterocycles. The van der Waals surface area contributed by atoms with Gasteiger partial charge in [-0.15, -0.1) is 0 Å². The maximum atomic E-state index is 12.7. The van der Waals surface area contributed by atoms with Crippen LogP contribution in [0.3, 0.4) is 0 Å². The van der Waals surface area contributed by atoms with Gasteiger partial charge in [-0.2, -0.15) is 0 Å². The molecule has 178 valence electrons. The van der Waals surface area contributed by atoms with E-state index in [-0.39, 0.29) is 16.0 Å². The lowest BCUT2D eigenvalue weighted by molar-refractivity contribution is -0.140. The number of thiocarbonyl (C=S) groups is 2. The summed E-state index contributed by atoms with van der Waals surface area (Å²) in [7, 11) is 0. The first-order chi connectivity index (χ1) is 16.6. The molecule has 0 atom stereocenters. The highest BCUT2D eigenvalue weighted by Gasteiger charge is 2.49. The number of amides is 4. The number of hydrogen-bond acceptors (Lipinski definition) is 8. The van der Waals surface area contributed by atoms with Crippen LogP contribution in [0, 0.1) is 18.8 Å². The molecule has 0 unspecified atom stereocenters. The zero-order valence-corrected chi connectivity index (χ0v) is 19.7. The quantitative estimate of drug-likeness (QED) is 0.198.